The van der Waals surface area contributed by atoms with Crippen LogP contribution in [0.15, 0.2) is 24.3 Å². The van der Waals surface area contributed by atoms with E-state index in [1.807, 2.05) is 0 Å². The second kappa shape index (κ2) is 4.36. The fourth-order valence-electron chi connectivity index (χ4n) is 3.61. The molecule has 0 atom stereocenters. The second-order valence-electron chi connectivity index (χ2n) is 6.47. The van der Waals surface area contributed by atoms with E-state index in [0.717, 1.165) is 31.5 Å². The summed E-state index contributed by atoms with van der Waals surface area (Å²) in [6.07, 6.45) is 2.57. The van der Waals surface area contributed by atoms with Crippen molar-refractivity contribution in [2.24, 2.45) is 17.6 Å². The van der Waals surface area contributed by atoms with Crippen LogP contribution < -0.4 is 5.73 Å². The Bertz CT molecular complexity index is 407. The predicted octanol–water partition coefficient (Wildman–Crippen LogP) is 2.77. The average Bonchev–Trinajstić information content (AvgIpc) is 2.71. The van der Waals surface area contributed by atoms with E-state index in [-0.39, 0.29) is 5.54 Å². The Morgan fingerprint density at radius 3 is 2.22 bits per heavy atom. The third-order valence-electron chi connectivity index (χ3n) is 5.12. The van der Waals surface area contributed by atoms with Crippen LogP contribution in [0.3, 0.4) is 0 Å². The molecule has 2 aliphatic rings. The van der Waals surface area contributed by atoms with Crippen LogP contribution in [0, 0.1) is 11.8 Å². The Morgan fingerprint density at radius 1 is 1.22 bits per heavy atom. The van der Waals surface area contributed by atoms with Crippen molar-refractivity contribution in [2.45, 2.75) is 45.3 Å². The number of benzene rings is 1. The molecule has 1 saturated carbocycles. The highest BCUT2D eigenvalue weighted by atomic mass is 15.2. The third-order valence-corrected chi connectivity index (χ3v) is 5.12. The normalized spacial score (nSPS) is 31.4. The molecule has 98 valence electrons. The molecule has 1 aliphatic carbocycles. The van der Waals surface area contributed by atoms with Crippen molar-refractivity contribution >= 4 is 0 Å². The number of nitrogens with two attached hydrogens (primary N) is 1. The van der Waals surface area contributed by atoms with Gasteiger partial charge in [0.1, 0.15) is 0 Å². The predicted molar refractivity (Wildman–Crippen MR) is 75.0 cm³/mol. The zero-order valence-electron chi connectivity index (χ0n) is 11.5. The molecule has 1 aromatic rings. The fourth-order valence-corrected chi connectivity index (χ4v) is 3.61. The number of hydrogen-bond donors (Lipinski definition) is 1. The lowest BCUT2D eigenvalue weighted by Crippen LogP contribution is -2.60. The summed E-state index contributed by atoms with van der Waals surface area (Å²) in [5.41, 5.74) is 9.39. The molecule has 1 aromatic carbocycles. The molecule has 0 spiro atoms. The molecular weight excluding hydrogens is 220 g/mol. The maximum Gasteiger partial charge on any atom is 0.0344 e. The van der Waals surface area contributed by atoms with Crippen LogP contribution >= 0.6 is 0 Å². The van der Waals surface area contributed by atoms with E-state index in [9.17, 15) is 0 Å². The molecule has 2 heteroatoms. The Morgan fingerprint density at radius 2 is 1.78 bits per heavy atom. The molecule has 3 rings (SSSR count). The Kier molecular flexibility index (Phi) is 2.95. The van der Waals surface area contributed by atoms with Gasteiger partial charge in [-0.05, 0) is 35.8 Å². The second-order valence-corrected chi connectivity index (χ2v) is 6.47. The zero-order chi connectivity index (χ0) is 12.8. The molecule has 0 saturated heterocycles. The molecule has 0 radical (unpaired) electrons. The van der Waals surface area contributed by atoms with E-state index in [2.05, 4.69) is 43.0 Å². The van der Waals surface area contributed by atoms with Gasteiger partial charge in [0.25, 0.3) is 0 Å². The first-order valence-corrected chi connectivity index (χ1v) is 7.16. The minimum Gasteiger partial charge on any atom is -0.329 e. The van der Waals surface area contributed by atoms with E-state index in [0.29, 0.717) is 0 Å². The van der Waals surface area contributed by atoms with Crippen LogP contribution in [0.25, 0.3) is 0 Å². The van der Waals surface area contributed by atoms with Gasteiger partial charge in [-0.3, -0.25) is 4.90 Å². The van der Waals surface area contributed by atoms with Gasteiger partial charge in [0.2, 0.25) is 0 Å². The van der Waals surface area contributed by atoms with Gasteiger partial charge < -0.3 is 5.73 Å². The van der Waals surface area contributed by atoms with Gasteiger partial charge in [0, 0.05) is 25.2 Å². The minimum atomic E-state index is 0.286. The van der Waals surface area contributed by atoms with Crippen molar-refractivity contribution in [3.8, 4) is 0 Å². The Labute approximate surface area is 110 Å². The van der Waals surface area contributed by atoms with E-state index < -0.39 is 0 Å². The highest BCUT2D eigenvalue weighted by Gasteiger charge is 2.49. The van der Waals surface area contributed by atoms with Gasteiger partial charge in [0.05, 0.1) is 0 Å². The summed E-state index contributed by atoms with van der Waals surface area (Å²) in [4.78, 5) is 2.62. The van der Waals surface area contributed by atoms with Crippen LogP contribution in [0.2, 0.25) is 0 Å². The van der Waals surface area contributed by atoms with Crippen LogP contribution in [-0.4, -0.2) is 17.0 Å². The van der Waals surface area contributed by atoms with E-state index in [4.69, 9.17) is 5.73 Å². The van der Waals surface area contributed by atoms with E-state index >= 15 is 0 Å². The standard InChI is InChI=1S/C16H24N2/c1-12(2)15-7-16(8-15,11-17)18-9-13-5-3-4-6-14(13)10-18/h3-6,12,15H,7-11,17H2,1-2H3. The first-order chi connectivity index (χ1) is 8.64. The number of nitrogens with zero attached hydrogens (tertiary/aromatic N) is 1. The maximum atomic E-state index is 6.10. The van der Waals surface area contributed by atoms with E-state index in [1.54, 1.807) is 0 Å². The molecule has 0 amide bonds. The smallest absolute Gasteiger partial charge is 0.0344 e. The van der Waals surface area contributed by atoms with Crippen LogP contribution in [0.5, 0.6) is 0 Å². The van der Waals surface area contributed by atoms with Gasteiger partial charge in [0.15, 0.2) is 0 Å². The van der Waals surface area contributed by atoms with Gasteiger partial charge in [-0.25, -0.2) is 0 Å². The van der Waals surface area contributed by atoms with Crippen LogP contribution in [-0.2, 0) is 13.1 Å². The third kappa shape index (κ3) is 1.79. The van der Waals surface area contributed by atoms with E-state index in [1.165, 1.54) is 24.0 Å². The monoisotopic (exact) mass is 244 g/mol. The maximum absolute atomic E-state index is 6.10. The largest absolute Gasteiger partial charge is 0.329 e. The lowest BCUT2D eigenvalue weighted by atomic mass is 9.63. The molecule has 0 unspecified atom stereocenters. The summed E-state index contributed by atoms with van der Waals surface area (Å²) in [5.74, 6) is 1.67. The number of hydrogen-bond acceptors (Lipinski definition) is 2. The van der Waals surface area contributed by atoms with Gasteiger partial charge in [-0.1, -0.05) is 38.1 Å². The lowest BCUT2D eigenvalue weighted by Gasteiger charge is -2.54. The SMILES string of the molecule is CC(C)C1CC(CN)(N2Cc3ccccc3C2)C1. The van der Waals surface area contributed by atoms with Crippen molar-refractivity contribution in [3.05, 3.63) is 35.4 Å². The Balaban J connectivity index is 1.73. The topological polar surface area (TPSA) is 29.3 Å². The summed E-state index contributed by atoms with van der Waals surface area (Å²) in [7, 11) is 0. The Hall–Kier alpha value is -0.860. The summed E-state index contributed by atoms with van der Waals surface area (Å²) in [5, 5.41) is 0. The van der Waals surface area contributed by atoms with Crippen molar-refractivity contribution < 1.29 is 0 Å². The minimum absolute atomic E-state index is 0.286. The average molecular weight is 244 g/mol. The highest BCUT2D eigenvalue weighted by Crippen LogP contribution is 2.48. The molecular formula is C16H24N2. The molecule has 2 N–H and O–H groups in total. The molecule has 0 bridgehead atoms. The van der Waals surface area contributed by atoms with Crippen molar-refractivity contribution in [1.82, 2.24) is 4.90 Å². The number of rotatable bonds is 3. The quantitative estimate of drug-likeness (QED) is 0.886. The zero-order valence-corrected chi connectivity index (χ0v) is 11.5. The molecule has 1 aliphatic heterocycles. The first kappa shape index (κ1) is 12.2. The molecule has 18 heavy (non-hydrogen) atoms. The van der Waals surface area contributed by atoms with Crippen LogP contribution in [0.1, 0.15) is 37.8 Å². The first-order valence-electron chi connectivity index (χ1n) is 7.16. The van der Waals surface area contributed by atoms with Gasteiger partial charge >= 0.3 is 0 Å². The summed E-state index contributed by atoms with van der Waals surface area (Å²) < 4.78 is 0. The molecule has 1 heterocycles. The van der Waals surface area contributed by atoms with Gasteiger partial charge in [-0.2, -0.15) is 0 Å². The van der Waals surface area contributed by atoms with Crippen molar-refractivity contribution in [1.29, 1.82) is 0 Å². The fraction of sp³-hybridized carbons (Fsp3) is 0.625. The van der Waals surface area contributed by atoms with Crippen LogP contribution in [0.4, 0.5) is 0 Å². The summed E-state index contributed by atoms with van der Waals surface area (Å²) >= 11 is 0. The van der Waals surface area contributed by atoms with Crippen molar-refractivity contribution in [3.63, 3.8) is 0 Å². The number of fused-ring (bicyclic) bond motifs is 1. The highest BCUT2D eigenvalue weighted by molar-refractivity contribution is 5.31. The lowest BCUT2D eigenvalue weighted by molar-refractivity contribution is -0.0386. The molecule has 0 aromatic heterocycles. The van der Waals surface area contributed by atoms with Crippen molar-refractivity contribution in [2.75, 3.05) is 6.54 Å². The molecule has 1 fully saturated rings. The van der Waals surface area contributed by atoms with Gasteiger partial charge in [-0.15, -0.1) is 0 Å². The summed E-state index contributed by atoms with van der Waals surface area (Å²) in [6.45, 7) is 7.67. The molecule has 2 nitrogen and oxygen atoms in total. The summed E-state index contributed by atoms with van der Waals surface area (Å²) in [6, 6.07) is 8.82.